The Bertz CT molecular complexity index is 788. The Labute approximate surface area is 134 Å². The predicted molar refractivity (Wildman–Crippen MR) is 93.3 cm³/mol. The van der Waals surface area contributed by atoms with Crippen LogP contribution in [-0.2, 0) is 6.54 Å². The Morgan fingerprint density at radius 1 is 1.14 bits per heavy atom. The summed E-state index contributed by atoms with van der Waals surface area (Å²) in [5.41, 5.74) is 1.80. The number of hydrogen-bond acceptors (Lipinski definition) is 4. The Morgan fingerprint density at radius 2 is 1.86 bits per heavy atom. The number of fused-ring (bicyclic) bond motifs is 1. The molecule has 0 saturated heterocycles. The topological polar surface area (TPSA) is 56.0 Å². The molecule has 0 aliphatic rings. The lowest BCUT2D eigenvalue weighted by Crippen LogP contribution is -1.98. The van der Waals surface area contributed by atoms with Gasteiger partial charge in [-0.25, -0.2) is 0 Å². The Morgan fingerprint density at radius 3 is 2.55 bits per heavy atom. The van der Waals surface area contributed by atoms with Gasteiger partial charge in [0.15, 0.2) is 0 Å². The van der Waals surface area contributed by atoms with Crippen molar-refractivity contribution in [3.05, 3.63) is 59.7 Å². The summed E-state index contributed by atoms with van der Waals surface area (Å²) < 4.78 is 0.914. The first-order chi connectivity index (χ1) is 10.8. The largest absolute Gasteiger partial charge is 0.508 e. The molecule has 0 aliphatic heterocycles. The highest BCUT2D eigenvalue weighted by molar-refractivity contribution is 7.23. The van der Waals surface area contributed by atoms with Gasteiger partial charge in [-0.1, -0.05) is 44.2 Å². The molecule has 0 unspecified atom stereocenters. The van der Waals surface area contributed by atoms with Gasteiger partial charge in [0.2, 0.25) is 0 Å². The highest BCUT2D eigenvalue weighted by Gasteiger charge is 2.12. The molecule has 4 heteroatoms. The van der Waals surface area contributed by atoms with Gasteiger partial charge in [0, 0.05) is 16.6 Å². The fourth-order valence-electron chi connectivity index (χ4n) is 2.10. The van der Waals surface area contributed by atoms with Crippen LogP contribution in [0.3, 0.4) is 0 Å². The lowest BCUT2D eigenvalue weighted by molar-refractivity contribution is 0.476. The van der Waals surface area contributed by atoms with Crippen LogP contribution in [0.5, 0.6) is 5.75 Å². The molecule has 2 N–H and O–H groups in total. The van der Waals surface area contributed by atoms with E-state index >= 15 is 0 Å². The summed E-state index contributed by atoms with van der Waals surface area (Å²) in [5, 5.41) is 23.9. The molecular formula is C18H18N2OS. The van der Waals surface area contributed by atoms with E-state index in [4.69, 9.17) is 0 Å². The van der Waals surface area contributed by atoms with Crippen molar-refractivity contribution in [2.75, 3.05) is 5.32 Å². The van der Waals surface area contributed by atoms with E-state index in [1.807, 2.05) is 44.2 Å². The normalized spacial score (nSPS) is 9.68. The maximum atomic E-state index is 9.51. The molecule has 0 atom stereocenters. The van der Waals surface area contributed by atoms with Gasteiger partial charge in [-0.3, -0.25) is 0 Å². The third kappa shape index (κ3) is 3.38. The maximum Gasteiger partial charge on any atom is 0.117 e. The van der Waals surface area contributed by atoms with Crippen molar-refractivity contribution < 1.29 is 5.11 Å². The lowest BCUT2D eigenvalue weighted by Gasteiger charge is -2.03. The number of benzene rings is 2. The summed E-state index contributed by atoms with van der Waals surface area (Å²) in [5.74, 6) is 0.220. The second kappa shape index (κ2) is 7.48. The highest BCUT2D eigenvalue weighted by atomic mass is 32.1. The molecule has 3 aromatic rings. The van der Waals surface area contributed by atoms with Crippen LogP contribution in [0.25, 0.3) is 10.1 Å². The molecule has 0 fully saturated rings. The summed E-state index contributed by atoms with van der Waals surface area (Å²) in [6.45, 7) is 4.67. The number of thiophene rings is 1. The van der Waals surface area contributed by atoms with Gasteiger partial charge >= 0.3 is 0 Å². The zero-order valence-corrected chi connectivity index (χ0v) is 13.4. The number of nitriles is 1. The SMILES string of the molecule is CC.N#Cc1c(NCc2ccccc2)sc2cc(O)ccc12. The minimum absolute atomic E-state index is 0.220. The second-order valence-electron chi connectivity index (χ2n) is 4.44. The molecule has 0 bridgehead atoms. The van der Waals surface area contributed by atoms with Crippen molar-refractivity contribution >= 4 is 26.4 Å². The standard InChI is InChI=1S/C16H12N2OS.C2H6/c17-9-14-13-7-6-12(19)8-15(13)20-16(14)18-10-11-4-2-1-3-5-11;1-2/h1-8,18-19H,10H2;1-2H3. The van der Waals surface area contributed by atoms with Gasteiger partial charge in [-0.15, -0.1) is 11.3 Å². The number of nitrogens with zero attached hydrogens (tertiary/aromatic N) is 1. The molecule has 22 heavy (non-hydrogen) atoms. The van der Waals surface area contributed by atoms with E-state index in [1.165, 1.54) is 11.3 Å². The number of phenols is 1. The van der Waals surface area contributed by atoms with Crippen LogP contribution in [0.1, 0.15) is 25.0 Å². The Hall–Kier alpha value is -2.51. The van der Waals surface area contributed by atoms with Crippen molar-refractivity contribution in [2.45, 2.75) is 20.4 Å². The molecule has 3 nitrogen and oxygen atoms in total. The van der Waals surface area contributed by atoms with Gasteiger partial charge in [-0.05, 0) is 23.8 Å². The molecule has 0 radical (unpaired) electrons. The van der Waals surface area contributed by atoms with Crippen LogP contribution in [0.15, 0.2) is 48.5 Å². The van der Waals surface area contributed by atoms with Gasteiger partial charge in [-0.2, -0.15) is 5.26 Å². The second-order valence-corrected chi connectivity index (χ2v) is 5.49. The van der Waals surface area contributed by atoms with Gasteiger partial charge in [0.05, 0.1) is 5.56 Å². The number of anilines is 1. The monoisotopic (exact) mass is 310 g/mol. The van der Waals surface area contributed by atoms with E-state index in [0.29, 0.717) is 12.1 Å². The van der Waals surface area contributed by atoms with Crippen molar-refractivity contribution in [1.82, 2.24) is 0 Å². The first-order valence-corrected chi connectivity index (χ1v) is 8.03. The Balaban J connectivity index is 0.000000847. The zero-order chi connectivity index (χ0) is 15.9. The van der Waals surface area contributed by atoms with Crippen LogP contribution in [0.4, 0.5) is 5.00 Å². The summed E-state index contributed by atoms with van der Waals surface area (Å²) in [6, 6.07) is 17.4. The van der Waals surface area contributed by atoms with E-state index in [-0.39, 0.29) is 5.75 Å². The number of aromatic hydroxyl groups is 1. The lowest BCUT2D eigenvalue weighted by atomic mass is 10.1. The summed E-state index contributed by atoms with van der Waals surface area (Å²) in [7, 11) is 0. The van der Waals surface area contributed by atoms with Crippen LogP contribution >= 0.6 is 11.3 Å². The van der Waals surface area contributed by atoms with Gasteiger partial charge < -0.3 is 10.4 Å². The molecule has 0 spiro atoms. The molecule has 2 aromatic carbocycles. The molecule has 3 rings (SSSR count). The Kier molecular flexibility index (Phi) is 5.40. The van der Waals surface area contributed by atoms with Crippen molar-refractivity contribution in [1.29, 1.82) is 5.26 Å². The summed E-state index contributed by atoms with van der Waals surface area (Å²) >= 11 is 1.49. The zero-order valence-electron chi connectivity index (χ0n) is 12.6. The van der Waals surface area contributed by atoms with Crippen molar-refractivity contribution in [3.8, 4) is 11.8 Å². The summed E-state index contributed by atoms with van der Waals surface area (Å²) in [4.78, 5) is 0. The fraction of sp³-hybridized carbons (Fsp3) is 0.167. The first kappa shape index (κ1) is 15.9. The third-order valence-corrected chi connectivity index (χ3v) is 4.19. The molecule has 112 valence electrons. The predicted octanol–water partition coefficient (Wildman–Crippen LogP) is 5.12. The third-order valence-electron chi connectivity index (χ3n) is 3.08. The molecular weight excluding hydrogens is 292 g/mol. The minimum Gasteiger partial charge on any atom is -0.508 e. The molecule has 0 saturated carbocycles. The molecule has 1 heterocycles. The molecule has 0 amide bonds. The summed E-state index contributed by atoms with van der Waals surface area (Å²) in [6.07, 6.45) is 0. The molecule has 0 aliphatic carbocycles. The highest BCUT2D eigenvalue weighted by Crippen LogP contribution is 2.37. The number of hydrogen-bond donors (Lipinski definition) is 2. The average molecular weight is 310 g/mol. The number of rotatable bonds is 3. The van der Waals surface area contributed by atoms with E-state index in [9.17, 15) is 10.4 Å². The average Bonchev–Trinajstić information content (AvgIpc) is 2.92. The maximum absolute atomic E-state index is 9.51. The van der Waals surface area contributed by atoms with Crippen LogP contribution < -0.4 is 5.32 Å². The molecule has 1 aromatic heterocycles. The van der Waals surface area contributed by atoms with Crippen LogP contribution in [-0.4, -0.2) is 5.11 Å². The smallest absolute Gasteiger partial charge is 0.117 e. The van der Waals surface area contributed by atoms with Gasteiger partial charge in [0.25, 0.3) is 0 Å². The van der Waals surface area contributed by atoms with Crippen LogP contribution in [0.2, 0.25) is 0 Å². The number of phenolic OH excluding ortho intramolecular Hbond substituents is 1. The van der Waals surface area contributed by atoms with Crippen LogP contribution in [0, 0.1) is 11.3 Å². The first-order valence-electron chi connectivity index (χ1n) is 7.21. The minimum atomic E-state index is 0.220. The van der Waals surface area contributed by atoms with E-state index in [0.717, 1.165) is 20.7 Å². The number of nitrogens with one attached hydrogen (secondary N) is 1. The van der Waals surface area contributed by atoms with Crippen molar-refractivity contribution in [2.24, 2.45) is 0 Å². The van der Waals surface area contributed by atoms with Gasteiger partial charge in [0.1, 0.15) is 16.8 Å². The fourth-order valence-corrected chi connectivity index (χ4v) is 3.18. The van der Waals surface area contributed by atoms with E-state index < -0.39 is 0 Å². The quantitative estimate of drug-likeness (QED) is 0.706. The van der Waals surface area contributed by atoms with Crippen molar-refractivity contribution in [3.63, 3.8) is 0 Å². The van der Waals surface area contributed by atoms with E-state index in [1.54, 1.807) is 18.2 Å². The van der Waals surface area contributed by atoms with E-state index in [2.05, 4.69) is 11.4 Å².